The molecule has 0 saturated carbocycles. The minimum Gasteiger partial charge on any atom is -0.330 e. The summed E-state index contributed by atoms with van der Waals surface area (Å²) in [5.41, 5.74) is 7.58. The first-order valence-electron chi connectivity index (χ1n) is 4.96. The fraction of sp³-hybridized carbons (Fsp3) is 0.400. The van der Waals surface area contributed by atoms with Gasteiger partial charge >= 0.3 is 0 Å². The molecule has 0 fully saturated rings. The normalized spacial score (nSPS) is 10.9. The molecule has 0 aromatic carbocycles. The van der Waals surface area contributed by atoms with E-state index < -0.39 is 0 Å². The van der Waals surface area contributed by atoms with E-state index in [1.54, 1.807) is 4.68 Å². The SMILES string of the molecule is Cc1cc(-n2ccc(CCN)n2)nn1C. The lowest BCUT2D eigenvalue weighted by molar-refractivity contribution is 0.709. The molecule has 15 heavy (non-hydrogen) atoms. The number of nitrogens with two attached hydrogens (primary N) is 1. The van der Waals surface area contributed by atoms with Crippen molar-refractivity contribution >= 4 is 0 Å². The zero-order chi connectivity index (χ0) is 10.8. The Hall–Kier alpha value is -1.62. The fourth-order valence-corrected chi connectivity index (χ4v) is 1.42. The van der Waals surface area contributed by atoms with Gasteiger partial charge in [-0.3, -0.25) is 4.68 Å². The van der Waals surface area contributed by atoms with Crippen LogP contribution in [0, 0.1) is 6.92 Å². The summed E-state index contributed by atoms with van der Waals surface area (Å²) in [5, 5.41) is 8.73. The first-order chi connectivity index (χ1) is 7.20. The van der Waals surface area contributed by atoms with Gasteiger partial charge in [-0.15, -0.1) is 0 Å². The lowest BCUT2D eigenvalue weighted by Crippen LogP contribution is -2.04. The fourth-order valence-electron chi connectivity index (χ4n) is 1.42. The molecule has 2 heterocycles. The lowest BCUT2D eigenvalue weighted by Gasteiger charge is -1.94. The highest BCUT2D eigenvalue weighted by atomic mass is 15.4. The van der Waals surface area contributed by atoms with Crippen molar-refractivity contribution < 1.29 is 0 Å². The number of rotatable bonds is 3. The van der Waals surface area contributed by atoms with Crippen LogP contribution in [-0.2, 0) is 13.5 Å². The minimum absolute atomic E-state index is 0.623. The van der Waals surface area contributed by atoms with Gasteiger partial charge in [0.15, 0.2) is 5.82 Å². The van der Waals surface area contributed by atoms with Crippen LogP contribution in [0.25, 0.3) is 5.82 Å². The molecular formula is C10H15N5. The highest BCUT2D eigenvalue weighted by molar-refractivity contribution is 5.23. The molecule has 0 radical (unpaired) electrons. The van der Waals surface area contributed by atoms with E-state index in [4.69, 9.17) is 5.73 Å². The Labute approximate surface area is 88.5 Å². The van der Waals surface area contributed by atoms with E-state index >= 15 is 0 Å². The molecule has 0 saturated heterocycles. The van der Waals surface area contributed by atoms with Gasteiger partial charge in [-0.1, -0.05) is 0 Å². The van der Waals surface area contributed by atoms with Gasteiger partial charge in [0.05, 0.1) is 5.69 Å². The maximum atomic E-state index is 5.47. The smallest absolute Gasteiger partial charge is 0.175 e. The third kappa shape index (κ3) is 1.92. The van der Waals surface area contributed by atoms with Gasteiger partial charge in [0.1, 0.15) is 0 Å². The van der Waals surface area contributed by atoms with Crippen molar-refractivity contribution in [2.75, 3.05) is 6.54 Å². The zero-order valence-corrected chi connectivity index (χ0v) is 9.01. The average Bonchev–Trinajstić information content (AvgIpc) is 2.76. The molecule has 0 aliphatic carbocycles. The predicted molar refractivity (Wildman–Crippen MR) is 57.8 cm³/mol. The Morgan fingerprint density at radius 1 is 1.40 bits per heavy atom. The summed E-state index contributed by atoms with van der Waals surface area (Å²) in [5.74, 6) is 0.846. The molecule has 80 valence electrons. The molecule has 0 unspecified atom stereocenters. The van der Waals surface area contributed by atoms with Crippen LogP contribution < -0.4 is 5.73 Å². The number of hydrogen-bond donors (Lipinski definition) is 1. The molecule has 5 nitrogen and oxygen atoms in total. The van der Waals surface area contributed by atoms with Crippen molar-refractivity contribution in [3.63, 3.8) is 0 Å². The van der Waals surface area contributed by atoms with Gasteiger partial charge in [-0.05, 0) is 19.5 Å². The molecule has 0 atom stereocenters. The maximum absolute atomic E-state index is 5.47. The third-order valence-corrected chi connectivity index (χ3v) is 2.38. The third-order valence-electron chi connectivity index (χ3n) is 2.38. The van der Waals surface area contributed by atoms with Crippen LogP contribution in [0.4, 0.5) is 0 Å². The van der Waals surface area contributed by atoms with Crippen LogP contribution in [-0.4, -0.2) is 26.1 Å². The molecule has 5 heteroatoms. The van der Waals surface area contributed by atoms with Gasteiger partial charge < -0.3 is 5.73 Å². The monoisotopic (exact) mass is 205 g/mol. The second-order valence-electron chi connectivity index (χ2n) is 3.56. The van der Waals surface area contributed by atoms with Crippen LogP contribution in [0.2, 0.25) is 0 Å². The summed E-state index contributed by atoms with van der Waals surface area (Å²) in [6.45, 7) is 2.64. The van der Waals surface area contributed by atoms with E-state index in [1.807, 2.05) is 37.0 Å². The van der Waals surface area contributed by atoms with Gasteiger partial charge in [-0.25, -0.2) is 4.68 Å². The number of hydrogen-bond acceptors (Lipinski definition) is 3. The highest BCUT2D eigenvalue weighted by Gasteiger charge is 2.05. The van der Waals surface area contributed by atoms with Crippen molar-refractivity contribution in [1.82, 2.24) is 19.6 Å². The lowest BCUT2D eigenvalue weighted by atomic mass is 10.3. The van der Waals surface area contributed by atoms with Gasteiger partial charge in [0, 0.05) is 31.4 Å². The molecule has 2 aromatic heterocycles. The second kappa shape index (κ2) is 3.86. The molecule has 2 rings (SSSR count). The van der Waals surface area contributed by atoms with E-state index in [-0.39, 0.29) is 0 Å². The molecule has 0 bridgehead atoms. The van der Waals surface area contributed by atoms with Crippen molar-refractivity contribution in [2.45, 2.75) is 13.3 Å². The van der Waals surface area contributed by atoms with Crippen LogP contribution >= 0.6 is 0 Å². The van der Waals surface area contributed by atoms with Crippen molar-refractivity contribution in [1.29, 1.82) is 0 Å². The van der Waals surface area contributed by atoms with Crippen molar-refractivity contribution in [2.24, 2.45) is 12.8 Å². The average molecular weight is 205 g/mol. The van der Waals surface area contributed by atoms with Crippen molar-refractivity contribution in [3.05, 3.63) is 29.7 Å². The van der Waals surface area contributed by atoms with Crippen LogP contribution in [0.3, 0.4) is 0 Å². The van der Waals surface area contributed by atoms with Crippen molar-refractivity contribution in [3.8, 4) is 5.82 Å². The molecule has 2 aromatic rings. The predicted octanol–water partition coefficient (Wildman–Crippen LogP) is 0.415. The molecule has 0 spiro atoms. The first-order valence-corrected chi connectivity index (χ1v) is 4.96. The van der Waals surface area contributed by atoms with E-state index in [0.717, 1.165) is 23.6 Å². The highest BCUT2D eigenvalue weighted by Crippen LogP contribution is 2.07. The topological polar surface area (TPSA) is 61.7 Å². The standard InChI is InChI=1S/C10H15N5/c1-8-7-10(13-14(8)2)15-6-4-9(12-15)3-5-11/h4,6-7H,3,5,11H2,1-2H3. The van der Waals surface area contributed by atoms with Crippen LogP contribution in [0.5, 0.6) is 0 Å². The summed E-state index contributed by atoms with van der Waals surface area (Å²) in [6, 6.07) is 3.97. The summed E-state index contributed by atoms with van der Waals surface area (Å²) in [7, 11) is 1.92. The number of aryl methyl sites for hydroxylation is 2. The number of aromatic nitrogens is 4. The second-order valence-corrected chi connectivity index (χ2v) is 3.56. The summed E-state index contributed by atoms with van der Waals surface area (Å²) < 4.78 is 3.61. The Bertz CT molecular complexity index is 435. The van der Waals surface area contributed by atoms with E-state index in [2.05, 4.69) is 10.2 Å². The minimum atomic E-state index is 0.623. The quantitative estimate of drug-likeness (QED) is 0.789. The molecule has 0 aliphatic rings. The molecular weight excluding hydrogens is 190 g/mol. The Kier molecular flexibility index (Phi) is 2.55. The Morgan fingerprint density at radius 3 is 2.80 bits per heavy atom. The van der Waals surface area contributed by atoms with E-state index in [1.165, 1.54) is 0 Å². The molecule has 2 N–H and O–H groups in total. The van der Waals surface area contributed by atoms with E-state index in [0.29, 0.717) is 6.54 Å². The zero-order valence-electron chi connectivity index (χ0n) is 9.01. The summed E-state index contributed by atoms with van der Waals surface area (Å²) in [4.78, 5) is 0. The van der Waals surface area contributed by atoms with E-state index in [9.17, 15) is 0 Å². The molecule has 0 aliphatic heterocycles. The summed E-state index contributed by atoms with van der Waals surface area (Å²) in [6.07, 6.45) is 2.71. The van der Waals surface area contributed by atoms with Gasteiger partial charge in [0.2, 0.25) is 0 Å². The van der Waals surface area contributed by atoms with Crippen LogP contribution in [0.15, 0.2) is 18.3 Å². The van der Waals surface area contributed by atoms with Crippen LogP contribution in [0.1, 0.15) is 11.4 Å². The number of nitrogens with zero attached hydrogens (tertiary/aromatic N) is 4. The maximum Gasteiger partial charge on any atom is 0.175 e. The largest absolute Gasteiger partial charge is 0.330 e. The van der Waals surface area contributed by atoms with Gasteiger partial charge in [0.25, 0.3) is 0 Å². The Balaban J connectivity index is 2.28. The van der Waals surface area contributed by atoms with Gasteiger partial charge in [-0.2, -0.15) is 10.2 Å². The first kappa shape index (κ1) is 9.92. The summed E-state index contributed by atoms with van der Waals surface area (Å²) >= 11 is 0. The Morgan fingerprint density at radius 2 is 2.20 bits per heavy atom. The molecule has 0 amide bonds.